The monoisotopic (exact) mass is 194 g/mol. The van der Waals surface area contributed by atoms with Gasteiger partial charge in [0.25, 0.3) is 0 Å². The summed E-state index contributed by atoms with van der Waals surface area (Å²) in [4.78, 5) is 0. The zero-order valence-electron chi connectivity index (χ0n) is 6.49. The van der Waals surface area contributed by atoms with Crippen LogP contribution in [0.3, 0.4) is 0 Å². The van der Waals surface area contributed by atoms with E-state index in [-0.39, 0.29) is 0 Å². The van der Waals surface area contributed by atoms with Crippen molar-refractivity contribution in [2.45, 2.75) is 11.6 Å². The molecule has 1 aromatic carbocycles. The average molecular weight is 194 g/mol. The molecule has 0 unspecified atom stereocenters. The maximum Gasteiger partial charge on any atom is 0.249 e. The molecule has 0 atom stereocenters. The Bertz CT molecular complexity index is 433. The lowest BCUT2D eigenvalue weighted by Gasteiger charge is -1.84. The van der Waals surface area contributed by atoms with Gasteiger partial charge in [-0.05, 0) is 6.07 Å². The molecule has 0 saturated carbocycles. The lowest BCUT2D eigenvalue weighted by molar-refractivity contribution is -0.646. The molecule has 12 heavy (non-hydrogen) atoms. The van der Waals surface area contributed by atoms with Crippen molar-refractivity contribution >= 4 is 33.3 Å². The molecule has 0 radical (unpaired) electrons. The van der Waals surface area contributed by atoms with E-state index in [2.05, 4.69) is 28.8 Å². The van der Waals surface area contributed by atoms with E-state index in [9.17, 15) is 0 Å². The standard InChI is InChI=1S/C9H8NS2/c1-2-4-8-7(3-1)10-6-11-5-9(10)12-8/h1-4H,5-6H2/q+1. The van der Waals surface area contributed by atoms with Crippen molar-refractivity contribution in [2.24, 2.45) is 0 Å². The molecule has 2 heterocycles. The number of para-hydroxylation sites is 1. The van der Waals surface area contributed by atoms with Crippen LogP contribution in [0.5, 0.6) is 0 Å². The van der Waals surface area contributed by atoms with Crippen LogP contribution in [-0.4, -0.2) is 0 Å². The van der Waals surface area contributed by atoms with Gasteiger partial charge in [0.2, 0.25) is 10.5 Å². The highest BCUT2D eigenvalue weighted by molar-refractivity contribution is 7.97. The molecular formula is C9H8NS2+. The Kier molecular flexibility index (Phi) is 1.43. The predicted molar refractivity (Wildman–Crippen MR) is 53.3 cm³/mol. The summed E-state index contributed by atoms with van der Waals surface area (Å²) >= 11 is 3.93. The van der Waals surface area contributed by atoms with Crippen LogP contribution >= 0.6 is 23.1 Å². The Labute approximate surface area is 79.0 Å². The van der Waals surface area contributed by atoms with Crippen molar-refractivity contribution in [3.63, 3.8) is 0 Å². The van der Waals surface area contributed by atoms with Gasteiger partial charge in [-0.3, -0.25) is 0 Å². The number of benzene rings is 1. The second-order valence-electron chi connectivity index (χ2n) is 2.87. The van der Waals surface area contributed by atoms with Gasteiger partial charge < -0.3 is 0 Å². The van der Waals surface area contributed by atoms with Crippen molar-refractivity contribution in [1.29, 1.82) is 0 Å². The molecule has 0 bridgehead atoms. The van der Waals surface area contributed by atoms with Gasteiger partial charge in [0, 0.05) is 6.07 Å². The molecule has 0 N–H and O–H groups in total. The maximum absolute atomic E-state index is 2.42. The Morgan fingerprint density at radius 3 is 3.17 bits per heavy atom. The molecule has 0 saturated heterocycles. The van der Waals surface area contributed by atoms with Crippen LogP contribution in [0, 0.1) is 0 Å². The zero-order chi connectivity index (χ0) is 7.97. The van der Waals surface area contributed by atoms with E-state index in [0.717, 1.165) is 5.88 Å². The van der Waals surface area contributed by atoms with Crippen molar-refractivity contribution in [3.05, 3.63) is 29.3 Å². The number of nitrogens with zero attached hydrogens (tertiary/aromatic N) is 1. The van der Waals surface area contributed by atoms with Gasteiger partial charge in [-0.15, -0.1) is 0 Å². The summed E-state index contributed by atoms with van der Waals surface area (Å²) in [5.41, 5.74) is 1.41. The number of fused-ring (bicyclic) bond motifs is 3. The highest BCUT2D eigenvalue weighted by Crippen LogP contribution is 2.28. The number of thiazole rings is 1. The highest BCUT2D eigenvalue weighted by Gasteiger charge is 2.25. The molecule has 1 aliphatic heterocycles. The molecule has 1 aliphatic rings. The Morgan fingerprint density at radius 1 is 1.25 bits per heavy atom. The van der Waals surface area contributed by atoms with Gasteiger partial charge in [-0.1, -0.05) is 35.2 Å². The minimum Gasteiger partial charge on any atom is -0.175 e. The van der Waals surface area contributed by atoms with E-state index in [0.29, 0.717) is 0 Å². The number of thioether (sulfide) groups is 1. The highest BCUT2D eigenvalue weighted by atomic mass is 32.2. The summed E-state index contributed by atoms with van der Waals surface area (Å²) in [5, 5.41) is 1.52. The zero-order valence-corrected chi connectivity index (χ0v) is 8.12. The first-order valence-corrected chi connectivity index (χ1v) is 5.90. The first kappa shape index (κ1) is 6.92. The Hall–Kier alpha value is -0.540. The molecule has 0 fully saturated rings. The fourth-order valence-corrected chi connectivity index (χ4v) is 3.98. The molecular weight excluding hydrogens is 186 g/mol. The molecule has 0 spiro atoms. The van der Waals surface area contributed by atoms with Crippen molar-refractivity contribution in [1.82, 2.24) is 0 Å². The average Bonchev–Trinajstić information content (AvgIpc) is 2.62. The predicted octanol–water partition coefficient (Wildman–Crippen LogP) is 2.39. The van der Waals surface area contributed by atoms with E-state index in [4.69, 9.17) is 0 Å². The van der Waals surface area contributed by atoms with E-state index in [1.807, 2.05) is 23.1 Å². The minimum absolute atomic E-state index is 1.14. The van der Waals surface area contributed by atoms with Gasteiger partial charge in [0.05, 0.1) is 5.75 Å². The fraction of sp³-hybridized carbons (Fsp3) is 0.222. The third-order valence-electron chi connectivity index (χ3n) is 2.13. The molecule has 3 heteroatoms. The van der Waals surface area contributed by atoms with Crippen molar-refractivity contribution in [3.8, 4) is 0 Å². The Morgan fingerprint density at radius 2 is 2.17 bits per heavy atom. The summed E-state index contributed by atoms with van der Waals surface area (Å²) in [7, 11) is 0. The van der Waals surface area contributed by atoms with Crippen LogP contribution in [0.4, 0.5) is 0 Å². The molecule has 0 amide bonds. The SMILES string of the molecule is c1ccc2c(c1)sc1[n+]2CSC1. The van der Waals surface area contributed by atoms with Gasteiger partial charge in [-0.25, -0.2) is 0 Å². The molecule has 3 rings (SSSR count). The summed E-state index contributed by atoms with van der Waals surface area (Å²) in [5.74, 6) is 2.33. The van der Waals surface area contributed by atoms with Crippen LogP contribution in [0.15, 0.2) is 24.3 Å². The van der Waals surface area contributed by atoms with E-state index < -0.39 is 0 Å². The Balaban J connectivity index is 2.44. The maximum atomic E-state index is 2.42. The first-order chi connectivity index (χ1) is 5.95. The number of hydrogen-bond donors (Lipinski definition) is 0. The molecule has 1 aromatic heterocycles. The van der Waals surface area contributed by atoms with Crippen LogP contribution in [0.2, 0.25) is 0 Å². The molecule has 60 valence electrons. The minimum atomic E-state index is 1.14. The van der Waals surface area contributed by atoms with Gasteiger partial charge in [0.15, 0.2) is 5.88 Å². The number of aromatic nitrogens is 1. The lowest BCUT2D eigenvalue weighted by atomic mass is 10.3. The van der Waals surface area contributed by atoms with Crippen LogP contribution in [-0.2, 0) is 11.6 Å². The van der Waals surface area contributed by atoms with Crippen LogP contribution in [0.1, 0.15) is 5.01 Å². The summed E-state index contributed by atoms with van der Waals surface area (Å²) in [6.45, 7) is 0. The topological polar surface area (TPSA) is 3.88 Å². The normalized spacial score (nSPS) is 15.3. The third-order valence-corrected chi connectivity index (χ3v) is 4.40. The van der Waals surface area contributed by atoms with E-state index >= 15 is 0 Å². The van der Waals surface area contributed by atoms with Crippen molar-refractivity contribution < 1.29 is 4.57 Å². The van der Waals surface area contributed by atoms with Gasteiger partial charge >= 0.3 is 0 Å². The second-order valence-corrected chi connectivity index (χ2v) is 4.94. The van der Waals surface area contributed by atoms with Gasteiger partial charge in [0.1, 0.15) is 4.70 Å². The number of rotatable bonds is 0. The van der Waals surface area contributed by atoms with Gasteiger partial charge in [-0.2, -0.15) is 4.57 Å². The second kappa shape index (κ2) is 2.47. The van der Waals surface area contributed by atoms with E-state index in [1.165, 1.54) is 21.0 Å². The fourth-order valence-electron chi connectivity index (χ4n) is 1.56. The quantitative estimate of drug-likeness (QED) is 0.582. The van der Waals surface area contributed by atoms with E-state index in [1.54, 1.807) is 0 Å². The lowest BCUT2D eigenvalue weighted by Crippen LogP contribution is -2.29. The smallest absolute Gasteiger partial charge is 0.175 e. The molecule has 0 aliphatic carbocycles. The third kappa shape index (κ3) is 0.836. The number of hydrogen-bond acceptors (Lipinski definition) is 2. The molecule has 1 nitrogen and oxygen atoms in total. The molecule has 2 aromatic rings. The summed E-state index contributed by atoms with van der Waals surface area (Å²) < 4.78 is 3.85. The first-order valence-electron chi connectivity index (χ1n) is 3.93. The van der Waals surface area contributed by atoms with Crippen molar-refractivity contribution in [2.75, 3.05) is 0 Å². The largest absolute Gasteiger partial charge is 0.249 e. The summed E-state index contributed by atoms with van der Waals surface area (Å²) in [6.07, 6.45) is 0. The van der Waals surface area contributed by atoms with Crippen LogP contribution < -0.4 is 4.57 Å². The van der Waals surface area contributed by atoms with Crippen LogP contribution in [0.25, 0.3) is 10.2 Å². The summed E-state index contributed by atoms with van der Waals surface area (Å²) in [6, 6.07) is 8.64.